The van der Waals surface area contributed by atoms with Crippen LogP contribution in [-0.2, 0) is 0 Å². The molecule has 9 aromatic rings. The monoisotopic (exact) mass is 611 g/mol. The molecule has 2 N–H and O–H groups in total. The number of para-hydroxylation sites is 1. The molecule has 0 spiro atoms. The fraction of sp³-hybridized carbons (Fsp3) is 0. The summed E-state index contributed by atoms with van der Waals surface area (Å²) >= 11 is 0. The van der Waals surface area contributed by atoms with Gasteiger partial charge in [-0.15, -0.1) is 0 Å². The number of aromatic nitrogens is 2. The van der Waals surface area contributed by atoms with Crippen LogP contribution < -0.4 is 5.73 Å². The summed E-state index contributed by atoms with van der Waals surface area (Å²) in [6.45, 7) is 0. The molecule has 0 fully saturated rings. The van der Waals surface area contributed by atoms with Gasteiger partial charge in [-0.3, -0.25) is 4.57 Å². The van der Waals surface area contributed by atoms with Crippen molar-refractivity contribution in [3.8, 4) is 51.3 Å². The van der Waals surface area contributed by atoms with E-state index in [1.54, 1.807) is 0 Å². The highest BCUT2D eigenvalue weighted by Gasteiger charge is 2.19. The van der Waals surface area contributed by atoms with E-state index in [0.717, 1.165) is 39.2 Å². The first kappa shape index (κ1) is 27.7. The van der Waals surface area contributed by atoms with Gasteiger partial charge in [-0.1, -0.05) is 121 Å². The molecule has 3 nitrogen and oxygen atoms in total. The number of fused-ring (bicyclic) bond motifs is 4. The van der Waals surface area contributed by atoms with Crippen molar-refractivity contribution >= 4 is 43.4 Å². The van der Waals surface area contributed by atoms with Crippen molar-refractivity contribution in [1.29, 1.82) is 0 Å². The highest BCUT2D eigenvalue weighted by molar-refractivity contribution is 6.21. The first-order chi connectivity index (χ1) is 23.8. The highest BCUT2D eigenvalue weighted by Crippen LogP contribution is 2.44. The molecule has 224 valence electrons. The minimum absolute atomic E-state index is 0.840. The van der Waals surface area contributed by atoms with Crippen molar-refractivity contribution < 1.29 is 0 Å². The van der Waals surface area contributed by atoms with E-state index >= 15 is 0 Å². The summed E-state index contributed by atoms with van der Waals surface area (Å²) in [5.41, 5.74) is 15.2. The van der Waals surface area contributed by atoms with Crippen LogP contribution in [0.5, 0.6) is 0 Å². The van der Waals surface area contributed by atoms with Gasteiger partial charge >= 0.3 is 0 Å². The van der Waals surface area contributed by atoms with Crippen molar-refractivity contribution in [1.82, 2.24) is 9.55 Å². The van der Waals surface area contributed by atoms with Gasteiger partial charge in [-0.25, -0.2) is 4.98 Å². The van der Waals surface area contributed by atoms with Crippen LogP contribution in [0.2, 0.25) is 0 Å². The van der Waals surface area contributed by atoms with Crippen molar-refractivity contribution in [2.45, 2.75) is 0 Å². The van der Waals surface area contributed by atoms with Crippen molar-refractivity contribution in [2.75, 3.05) is 0 Å². The predicted octanol–water partition coefficient (Wildman–Crippen LogP) is 10.8. The van der Waals surface area contributed by atoms with E-state index in [9.17, 15) is 0 Å². The Kier molecular flexibility index (Phi) is 6.52. The lowest BCUT2D eigenvalue weighted by Crippen LogP contribution is -1.97. The molecule has 1 aromatic heterocycles. The molecule has 0 unspecified atom stereocenters. The lowest BCUT2D eigenvalue weighted by molar-refractivity contribution is 1.10. The molecule has 0 amide bonds. The van der Waals surface area contributed by atoms with Gasteiger partial charge in [0, 0.05) is 22.9 Å². The third-order valence-electron chi connectivity index (χ3n) is 9.26. The van der Waals surface area contributed by atoms with Gasteiger partial charge in [0.2, 0.25) is 0 Å². The average molecular weight is 612 g/mol. The van der Waals surface area contributed by atoms with Crippen LogP contribution in [0.15, 0.2) is 164 Å². The smallest absolute Gasteiger partial charge is 0.145 e. The van der Waals surface area contributed by atoms with E-state index in [2.05, 4.69) is 162 Å². The lowest BCUT2D eigenvalue weighted by Gasteiger charge is -2.18. The summed E-state index contributed by atoms with van der Waals surface area (Å²) in [6, 6.07) is 60.8. The lowest BCUT2D eigenvalue weighted by atomic mass is 9.85. The molecule has 0 aliphatic rings. The Labute approximate surface area is 278 Å². The second kappa shape index (κ2) is 11.3. The second-order valence-corrected chi connectivity index (χ2v) is 12.1. The van der Waals surface area contributed by atoms with Gasteiger partial charge in [0.05, 0.1) is 11.0 Å². The van der Waals surface area contributed by atoms with E-state index in [-0.39, 0.29) is 0 Å². The molecule has 0 atom stereocenters. The topological polar surface area (TPSA) is 43.8 Å². The minimum Gasteiger partial charge on any atom is -0.359 e. The maximum Gasteiger partial charge on any atom is 0.145 e. The van der Waals surface area contributed by atoms with Crippen LogP contribution in [0.25, 0.3) is 82.7 Å². The maximum absolute atomic E-state index is 5.55. The van der Waals surface area contributed by atoms with E-state index in [1.807, 2.05) is 18.2 Å². The number of hydrogen-bond acceptors (Lipinski definition) is 2. The summed E-state index contributed by atoms with van der Waals surface area (Å²) in [5.74, 6) is 3.85. The standard InChI is InChI=1S/C45H29N3/c46-26-25-30-21-24-42-41(27-30)47-45(48(42)36-15-2-1-3-16-36)35-14-10-13-33(29-35)43-37-17-6-8-19-39(37)44(40-20-9-7-18-38(40)43)34-23-22-31-11-4-5-12-32(31)28-34/h1-24,27-29H,46H2. The molecule has 48 heavy (non-hydrogen) atoms. The summed E-state index contributed by atoms with van der Waals surface area (Å²) in [4.78, 5) is 5.19. The Morgan fingerprint density at radius 3 is 1.77 bits per heavy atom. The molecular weight excluding hydrogens is 583 g/mol. The molecule has 0 bridgehead atoms. The summed E-state index contributed by atoms with van der Waals surface area (Å²) < 4.78 is 2.23. The van der Waals surface area contributed by atoms with Gasteiger partial charge < -0.3 is 5.73 Å². The summed E-state index contributed by atoms with van der Waals surface area (Å²) in [7, 11) is 0. The van der Waals surface area contributed by atoms with E-state index in [4.69, 9.17) is 10.7 Å². The van der Waals surface area contributed by atoms with Crippen LogP contribution in [0.3, 0.4) is 0 Å². The fourth-order valence-electron chi connectivity index (χ4n) is 7.18. The highest BCUT2D eigenvalue weighted by atomic mass is 15.1. The molecule has 1 heterocycles. The Hall–Kier alpha value is -6.63. The predicted molar refractivity (Wildman–Crippen MR) is 201 cm³/mol. The zero-order chi connectivity index (χ0) is 32.0. The Morgan fingerprint density at radius 2 is 1.08 bits per heavy atom. The fourth-order valence-corrected chi connectivity index (χ4v) is 7.18. The summed E-state index contributed by atoms with van der Waals surface area (Å²) in [6.07, 6.45) is 0. The first-order valence-corrected chi connectivity index (χ1v) is 16.1. The Balaban J connectivity index is 1.30. The Bertz CT molecular complexity index is 2690. The maximum atomic E-state index is 5.55. The number of nitrogens with two attached hydrogens (primary N) is 1. The van der Waals surface area contributed by atoms with Gasteiger partial charge in [-0.05, 0) is 103 Å². The summed E-state index contributed by atoms with van der Waals surface area (Å²) in [5, 5.41) is 7.39. The quantitative estimate of drug-likeness (QED) is 0.122. The number of hydrogen-bond donors (Lipinski definition) is 1. The van der Waals surface area contributed by atoms with Crippen LogP contribution in [0.4, 0.5) is 0 Å². The van der Waals surface area contributed by atoms with Crippen LogP contribution in [0.1, 0.15) is 5.56 Å². The zero-order valence-electron chi connectivity index (χ0n) is 26.1. The second-order valence-electron chi connectivity index (χ2n) is 12.1. The molecule has 0 aliphatic heterocycles. The molecule has 0 saturated carbocycles. The zero-order valence-corrected chi connectivity index (χ0v) is 26.1. The van der Waals surface area contributed by atoms with Gasteiger partial charge in [0.25, 0.3) is 0 Å². The van der Waals surface area contributed by atoms with E-state index < -0.39 is 0 Å². The van der Waals surface area contributed by atoms with Gasteiger partial charge in [0.1, 0.15) is 5.82 Å². The molecule has 0 saturated heterocycles. The van der Waals surface area contributed by atoms with Gasteiger partial charge in [-0.2, -0.15) is 0 Å². The van der Waals surface area contributed by atoms with Crippen molar-refractivity contribution in [3.05, 3.63) is 169 Å². The van der Waals surface area contributed by atoms with Gasteiger partial charge in [0.15, 0.2) is 0 Å². The van der Waals surface area contributed by atoms with E-state index in [0.29, 0.717) is 0 Å². The molecule has 0 aliphatic carbocycles. The van der Waals surface area contributed by atoms with Crippen molar-refractivity contribution in [3.63, 3.8) is 0 Å². The SMILES string of the molecule is NC#Cc1ccc2c(c1)nc(-c1cccc(-c3c4ccccc4c(-c4ccc5ccccc5c4)c4ccccc34)c1)n2-c1ccccc1. The Morgan fingerprint density at radius 1 is 0.479 bits per heavy atom. The van der Waals surface area contributed by atoms with Crippen molar-refractivity contribution in [2.24, 2.45) is 5.73 Å². The molecule has 3 heteroatoms. The normalized spacial score (nSPS) is 11.2. The molecule has 9 rings (SSSR count). The van der Waals surface area contributed by atoms with Crippen LogP contribution >= 0.6 is 0 Å². The number of imidazole rings is 1. The molecule has 8 aromatic carbocycles. The average Bonchev–Trinajstić information content (AvgIpc) is 3.53. The first-order valence-electron chi connectivity index (χ1n) is 16.1. The number of nitrogens with zero attached hydrogens (tertiary/aromatic N) is 2. The van der Waals surface area contributed by atoms with E-state index in [1.165, 1.54) is 49.0 Å². The third kappa shape index (κ3) is 4.51. The largest absolute Gasteiger partial charge is 0.359 e. The molecular formula is C45H29N3. The third-order valence-corrected chi connectivity index (χ3v) is 9.26. The minimum atomic E-state index is 0.840. The van der Waals surface area contributed by atoms with Crippen LogP contribution in [0, 0.1) is 12.0 Å². The molecule has 0 radical (unpaired) electrons. The van der Waals surface area contributed by atoms with Crippen LogP contribution in [-0.4, -0.2) is 9.55 Å². The number of benzene rings is 8. The number of rotatable bonds is 4.